The van der Waals surface area contributed by atoms with Crippen molar-refractivity contribution in [2.45, 2.75) is 19.1 Å². The Morgan fingerprint density at radius 2 is 2.09 bits per heavy atom. The Morgan fingerprint density at radius 1 is 1.23 bits per heavy atom. The Kier molecular flexibility index (Phi) is 7.19. The molecule has 22 heavy (non-hydrogen) atoms. The second kappa shape index (κ2) is 9.43. The first-order valence-corrected chi connectivity index (χ1v) is 8.89. The quantitative estimate of drug-likeness (QED) is 0.592. The Bertz CT molecular complexity index is 587. The van der Waals surface area contributed by atoms with Gasteiger partial charge in [0.25, 0.3) is 0 Å². The number of hydrogen-bond acceptors (Lipinski definition) is 3. The van der Waals surface area contributed by atoms with Crippen LogP contribution in [0.15, 0.2) is 48.8 Å². The lowest BCUT2D eigenvalue weighted by Gasteiger charge is -2.10. The fraction of sp³-hybridized carbons (Fsp3) is 0.294. The number of thioether (sulfide) groups is 1. The molecule has 5 heteroatoms. The zero-order valence-electron chi connectivity index (χ0n) is 12.7. The number of pyridine rings is 1. The summed E-state index contributed by atoms with van der Waals surface area (Å²) in [6, 6.07) is 12.4. The molecule has 0 radical (unpaired) electrons. The first-order chi connectivity index (χ1) is 10.8. The smallest absolute Gasteiger partial charge is 0.170 e. The van der Waals surface area contributed by atoms with E-state index in [0.29, 0.717) is 5.11 Å². The predicted molar refractivity (Wildman–Crippen MR) is 100 cm³/mol. The summed E-state index contributed by atoms with van der Waals surface area (Å²) in [5, 5.41) is 6.99. The van der Waals surface area contributed by atoms with Crippen molar-refractivity contribution in [3.05, 3.63) is 59.9 Å². The van der Waals surface area contributed by atoms with E-state index in [0.717, 1.165) is 30.2 Å². The molecule has 2 N–H and O–H groups in total. The summed E-state index contributed by atoms with van der Waals surface area (Å²) in [4.78, 5) is 4.04. The van der Waals surface area contributed by atoms with E-state index in [1.165, 1.54) is 11.1 Å². The maximum Gasteiger partial charge on any atom is 0.170 e. The van der Waals surface area contributed by atoms with Crippen LogP contribution in [0.3, 0.4) is 0 Å². The van der Waals surface area contributed by atoms with Crippen LogP contribution in [-0.4, -0.2) is 22.4 Å². The molecule has 0 saturated heterocycles. The summed E-state index contributed by atoms with van der Waals surface area (Å²) < 4.78 is 0. The molecule has 2 rings (SSSR count). The van der Waals surface area contributed by atoms with Gasteiger partial charge in [0.1, 0.15) is 0 Å². The summed E-state index contributed by atoms with van der Waals surface area (Å²) >= 11 is 7.21. The Balaban J connectivity index is 1.56. The van der Waals surface area contributed by atoms with E-state index in [4.69, 9.17) is 12.2 Å². The molecular weight excluding hydrogens is 310 g/mol. The Labute approximate surface area is 141 Å². The van der Waals surface area contributed by atoms with E-state index in [1.54, 1.807) is 12.4 Å². The molecular formula is C17H21N3S2. The third-order valence-corrected chi connectivity index (χ3v) is 4.53. The maximum absolute atomic E-state index is 5.25. The van der Waals surface area contributed by atoms with E-state index in [-0.39, 0.29) is 0 Å². The maximum atomic E-state index is 5.25. The third-order valence-electron chi connectivity index (χ3n) is 3.19. The molecule has 2 aromatic rings. The topological polar surface area (TPSA) is 37.0 Å². The number of nitrogens with one attached hydrogen (secondary N) is 2. The van der Waals surface area contributed by atoms with Crippen LogP contribution >= 0.6 is 24.0 Å². The molecule has 1 heterocycles. The highest BCUT2D eigenvalue weighted by atomic mass is 32.2. The third kappa shape index (κ3) is 6.03. The Hall–Kier alpha value is -1.59. The highest BCUT2D eigenvalue weighted by Gasteiger charge is 1.99. The highest BCUT2D eigenvalue weighted by molar-refractivity contribution is 7.98. The number of nitrogens with zero attached hydrogens (tertiary/aromatic N) is 1. The largest absolute Gasteiger partial charge is 0.362 e. The molecule has 0 saturated carbocycles. The molecule has 0 amide bonds. The number of hydrogen-bond donors (Lipinski definition) is 2. The molecule has 0 unspecified atom stereocenters. The van der Waals surface area contributed by atoms with Crippen LogP contribution in [0.1, 0.15) is 17.5 Å². The van der Waals surface area contributed by atoms with Crippen LogP contribution in [0.25, 0.3) is 0 Å². The summed E-state index contributed by atoms with van der Waals surface area (Å²) in [6.07, 6.45) is 4.59. The van der Waals surface area contributed by atoms with Gasteiger partial charge in [-0.2, -0.15) is 11.8 Å². The van der Waals surface area contributed by atoms with Gasteiger partial charge in [-0.05, 0) is 54.6 Å². The molecule has 0 atom stereocenters. The summed E-state index contributed by atoms with van der Waals surface area (Å²) in [5.41, 5.74) is 3.71. The van der Waals surface area contributed by atoms with Crippen molar-refractivity contribution >= 4 is 34.8 Å². The van der Waals surface area contributed by atoms with Crippen LogP contribution in [0.2, 0.25) is 0 Å². The molecule has 3 nitrogen and oxygen atoms in total. The normalized spacial score (nSPS) is 10.2. The number of benzene rings is 1. The van der Waals surface area contributed by atoms with Gasteiger partial charge in [-0.1, -0.05) is 24.3 Å². The molecule has 0 aliphatic rings. The minimum absolute atomic E-state index is 0.650. The Morgan fingerprint density at radius 3 is 2.86 bits per heavy atom. The zero-order valence-corrected chi connectivity index (χ0v) is 14.3. The van der Waals surface area contributed by atoms with E-state index in [2.05, 4.69) is 46.8 Å². The average molecular weight is 332 g/mol. The van der Waals surface area contributed by atoms with Crippen LogP contribution in [0.4, 0.5) is 5.69 Å². The van der Waals surface area contributed by atoms with Crippen molar-refractivity contribution in [3.8, 4) is 0 Å². The molecule has 1 aromatic heterocycles. The van der Waals surface area contributed by atoms with Gasteiger partial charge in [0.2, 0.25) is 0 Å². The molecule has 0 bridgehead atoms. The fourth-order valence-corrected chi connectivity index (χ4v) is 3.20. The number of anilines is 1. The lowest BCUT2D eigenvalue weighted by Crippen LogP contribution is -2.29. The number of aryl methyl sites for hydroxylation is 1. The van der Waals surface area contributed by atoms with Gasteiger partial charge in [-0.15, -0.1) is 0 Å². The molecule has 116 valence electrons. The minimum atomic E-state index is 0.650. The van der Waals surface area contributed by atoms with E-state index < -0.39 is 0 Å². The van der Waals surface area contributed by atoms with Gasteiger partial charge in [0.15, 0.2) is 5.11 Å². The molecule has 0 spiro atoms. The van der Waals surface area contributed by atoms with Gasteiger partial charge < -0.3 is 10.6 Å². The van der Waals surface area contributed by atoms with Crippen LogP contribution in [0.5, 0.6) is 0 Å². The minimum Gasteiger partial charge on any atom is -0.362 e. The van der Waals surface area contributed by atoms with E-state index in [9.17, 15) is 0 Å². The SMILES string of the molecule is Cc1ccccc1CSCCCNC(=S)Nc1cccnc1. The van der Waals surface area contributed by atoms with Crippen LogP contribution < -0.4 is 10.6 Å². The van der Waals surface area contributed by atoms with Crippen LogP contribution in [0, 0.1) is 6.92 Å². The van der Waals surface area contributed by atoms with Crippen molar-refractivity contribution < 1.29 is 0 Å². The van der Waals surface area contributed by atoms with Crippen molar-refractivity contribution in [2.75, 3.05) is 17.6 Å². The molecule has 0 fully saturated rings. The van der Waals surface area contributed by atoms with Gasteiger partial charge in [-0.3, -0.25) is 4.98 Å². The second-order valence-corrected chi connectivity index (χ2v) is 6.47. The first kappa shape index (κ1) is 16.8. The first-order valence-electron chi connectivity index (χ1n) is 7.33. The zero-order chi connectivity index (χ0) is 15.6. The number of thiocarbonyl (C=S) groups is 1. The molecule has 0 aliphatic heterocycles. The highest BCUT2D eigenvalue weighted by Crippen LogP contribution is 2.16. The number of rotatable bonds is 7. The molecule has 1 aromatic carbocycles. The van der Waals surface area contributed by atoms with Gasteiger partial charge >= 0.3 is 0 Å². The van der Waals surface area contributed by atoms with Crippen LogP contribution in [-0.2, 0) is 5.75 Å². The van der Waals surface area contributed by atoms with Gasteiger partial charge in [-0.25, -0.2) is 0 Å². The standard InChI is InChI=1S/C17H21N3S2/c1-14-6-2-3-7-15(14)13-22-11-5-10-19-17(21)20-16-8-4-9-18-12-16/h2-4,6-9,12H,5,10-11,13H2,1H3,(H2,19,20,21). The monoisotopic (exact) mass is 331 g/mol. The van der Waals surface area contributed by atoms with Gasteiger partial charge in [0.05, 0.1) is 11.9 Å². The summed E-state index contributed by atoms with van der Waals surface area (Å²) in [6.45, 7) is 3.05. The summed E-state index contributed by atoms with van der Waals surface area (Å²) in [7, 11) is 0. The number of aromatic nitrogens is 1. The molecule has 0 aliphatic carbocycles. The van der Waals surface area contributed by atoms with Crippen molar-refractivity contribution in [1.29, 1.82) is 0 Å². The van der Waals surface area contributed by atoms with Crippen molar-refractivity contribution in [1.82, 2.24) is 10.3 Å². The van der Waals surface area contributed by atoms with Crippen molar-refractivity contribution in [2.24, 2.45) is 0 Å². The summed E-state index contributed by atoms with van der Waals surface area (Å²) in [5.74, 6) is 2.20. The lowest BCUT2D eigenvalue weighted by atomic mass is 10.1. The lowest BCUT2D eigenvalue weighted by molar-refractivity contribution is 0.854. The average Bonchev–Trinajstić information content (AvgIpc) is 2.53. The van der Waals surface area contributed by atoms with Gasteiger partial charge in [0, 0.05) is 18.5 Å². The predicted octanol–water partition coefficient (Wildman–Crippen LogP) is 4.00. The fourth-order valence-electron chi connectivity index (χ4n) is 1.94. The van der Waals surface area contributed by atoms with E-state index in [1.807, 2.05) is 23.9 Å². The van der Waals surface area contributed by atoms with Crippen molar-refractivity contribution in [3.63, 3.8) is 0 Å². The van der Waals surface area contributed by atoms with E-state index >= 15 is 0 Å². The second-order valence-electron chi connectivity index (χ2n) is 4.96.